The molecule has 0 spiro atoms. The van der Waals surface area contributed by atoms with Crippen molar-refractivity contribution in [2.24, 2.45) is 0 Å². The molecule has 0 unspecified atom stereocenters. The number of pyridine rings is 1. The van der Waals surface area contributed by atoms with Gasteiger partial charge in [-0.15, -0.1) is 6.42 Å². The first-order valence-electron chi connectivity index (χ1n) is 3.41. The molecule has 0 aliphatic carbocycles. The molecule has 0 radical (unpaired) electrons. The number of halogens is 1. The van der Waals surface area contributed by atoms with Gasteiger partial charge in [0.25, 0.3) is 0 Å². The van der Waals surface area contributed by atoms with Crippen LogP contribution in [0.25, 0.3) is 0 Å². The zero-order valence-corrected chi connectivity index (χ0v) is 6.62. The average molecular weight is 176 g/mol. The van der Waals surface area contributed by atoms with Gasteiger partial charge in [0.1, 0.15) is 12.7 Å². The van der Waals surface area contributed by atoms with Crippen molar-refractivity contribution in [1.82, 2.24) is 4.98 Å². The summed E-state index contributed by atoms with van der Waals surface area (Å²) in [5.74, 6) is 1.71. The van der Waals surface area contributed by atoms with Crippen molar-refractivity contribution in [2.75, 3.05) is 6.61 Å². The van der Waals surface area contributed by atoms with Crippen molar-refractivity contribution in [3.05, 3.63) is 23.8 Å². The molecule has 1 aromatic rings. The molecule has 0 N–H and O–H groups in total. The van der Waals surface area contributed by atoms with E-state index in [0.717, 1.165) is 6.07 Å². The molecule has 1 rings (SSSR count). The lowest BCUT2D eigenvalue weighted by Gasteiger charge is -2.02. The van der Waals surface area contributed by atoms with E-state index in [1.807, 2.05) is 0 Å². The van der Waals surface area contributed by atoms with E-state index in [4.69, 9.17) is 16.4 Å². The molecule has 0 atom stereocenters. The van der Waals surface area contributed by atoms with Gasteiger partial charge in [0.15, 0.2) is 11.4 Å². The maximum absolute atomic E-state index is 12.5. The first kappa shape index (κ1) is 9.02. The molecule has 0 aliphatic heterocycles. The summed E-state index contributed by atoms with van der Waals surface area (Å²) in [5, 5.41) is 8.53. The van der Waals surface area contributed by atoms with Gasteiger partial charge in [0.05, 0.1) is 0 Å². The van der Waals surface area contributed by atoms with Crippen molar-refractivity contribution in [3.63, 3.8) is 0 Å². The highest BCUT2D eigenvalue weighted by molar-refractivity contribution is 5.36. The molecule has 0 aliphatic rings. The van der Waals surface area contributed by atoms with Crippen LogP contribution >= 0.6 is 0 Å². The van der Waals surface area contributed by atoms with Crippen LogP contribution in [0.4, 0.5) is 4.39 Å². The van der Waals surface area contributed by atoms with Crippen LogP contribution in [-0.2, 0) is 0 Å². The third-order valence-electron chi connectivity index (χ3n) is 1.24. The number of hydrogen-bond donors (Lipinski definition) is 0. The van der Waals surface area contributed by atoms with Gasteiger partial charge in [0, 0.05) is 0 Å². The number of nitriles is 1. The van der Waals surface area contributed by atoms with Gasteiger partial charge in [-0.1, -0.05) is 5.92 Å². The molecular formula is C9H5FN2O. The Hall–Kier alpha value is -2.07. The molecule has 0 bridgehead atoms. The normalized spacial score (nSPS) is 8.54. The molecule has 0 amide bonds. The Morgan fingerprint density at radius 3 is 3.00 bits per heavy atom. The van der Waals surface area contributed by atoms with Crippen LogP contribution in [0.1, 0.15) is 5.69 Å². The highest BCUT2D eigenvalue weighted by Crippen LogP contribution is 2.14. The van der Waals surface area contributed by atoms with E-state index in [1.165, 1.54) is 6.07 Å². The molecule has 13 heavy (non-hydrogen) atoms. The molecule has 4 heteroatoms. The van der Waals surface area contributed by atoms with Crippen LogP contribution < -0.4 is 4.74 Å². The minimum atomic E-state index is -0.718. The molecule has 3 nitrogen and oxygen atoms in total. The first-order chi connectivity index (χ1) is 6.27. The maximum Gasteiger partial charge on any atom is 0.214 e. The Morgan fingerprint density at radius 1 is 1.62 bits per heavy atom. The van der Waals surface area contributed by atoms with Crippen molar-refractivity contribution in [1.29, 1.82) is 5.26 Å². The Bertz CT molecular complexity index is 390. The van der Waals surface area contributed by atoms with Gasteiger partial charge in [-0.25, -0.2) is 4.98 Å². The van der Waals surface area contributed by atoms with E-state index < -0.39 is 5.95 Å². The van der Waals surface area contributed by atoms with E-state index >= 15 is 0 Å². The van der Waals surface area contributed by atoms with Gasteiger partial charge in [0.2, 0.25) is 5.95 Å². The third-order valence-corrected chi connectivity index (χ3v) is 1.24. The second kappa shape index (κ2) is 4.08. The van der Waals surface area contributed by atoms with Gasteiger partial charge >= 0.3 is 0 Å². The predicted octanol–water partition coefficient (Wildman–Crippen LogP) is 1.10. The minimum absolute atomic E-state index is 0.0298. The van der Waals surface area contributed by atoms with Crippen LogP contribution in [0.2, 0.25) is 0 Å². The zero-order chi connectivity index (χ0) is 9.68. The SMILES string of the molecule is C#CCOc1ccc(F)nc1C#N. The first-order valence-corrected chi connectivity index (χ1v) is 3.41. The Labute approximate surface area is 74.8 Å². The van der Waals surface area contributed by atoms with Crippen molar-refractivity contribution < 1.29 is 9.13 Å². The number of hydrogen-bond acceptors (Lipinski definition) is 3. The average Bonchev–Trinajstić information content (AvgIpc) is 2.16. The van der Waals surface area contributed by atoms with E-state index in [0.29, 0.717) is 0 Å². The summed E-state index contributed by atoms with van der Waals surface area (Å²) in [6.07, 6.45) is 4.95. The van der Waals surface area contributed by atoms with Crippen molar-refractivity contribution in [2.45, 2.75) is 0 Å². The number of nitrogens with zero attached hydrogens (tertiary/aromatic N) is 2. The van der Waals surface area contributed by atoms with Gasteiger partial charge in [-0.2, -0.15) is 9.65 Å². The van der Waals surface area contributed by atoms with Gasteiger partial charge < -0.3 is 4.74 Å². The smallest absolute Gasteiger partial charge is 0.214 e. The van der Waals surface area contributed by atoms with Crippen LogP contribution in [0.15, 0.2) is 12.1 Å². The van der Waals surface area contributed by atoms with E-state index in [1.54, 1.807) is 6.07 Å². The van der Waals surface area contributed by atoms with E-state index in [9.17, 15) is 4.39 Å². The number of ether oxygens (including phenoxy) is 1. The molecule has 1 heterocycles. The highest BCUT2D eigenvalue weighted by atomic mass is 19.1. The molecule has 0 aromatic carbocycles. The van der Waals surface area contributed by atoms with Crippen LogP contribution in [0, 0.1) is 29.6 Å². The maximum atomic E-state index is 12.5. The topological polar surface area (TPSA) is 45.9 Å². The molecule has 1 aromatic heterocycles. The summed E-state index contributed by atoms with van der Waals surface area (Å²) >= 11 is 0. The minimum Gasteiger partial charge on any atom is -0.478 e. The fourth-order valence-electron chi connectivity index (χ4n) is 0.739. The second-order valence-electron chi connectivity index (χ2n) is 2.09. The Morgan fingerprint density at radius 2 is 2.38 bits per heavy atom. The summed E-state index contributed by atoms with van der Waals surface area (Å²) in [5.41, 5.74) is -0.102. The quantitative estimate of drug-likeness (QED) is 0.500. The molecule has 64 valence electrons. The van der Waals surface area contributed by atoms with Gasteiger partial charge in [-0.3, -0.25) is 0 Å². The number of terminal acetylenes is 1. The van der Waals surface area contributed by atoms with Crippen molar-refractivity contribution >= 4 is 0 Å². The predicted molar refractivity (Wildman–Crippen MR) is 43.2 cm³/mol. The lowest BCUT2D eigenvalue weighted by Crippen LogP contribution is -1.98. The molecule has 0 fully saturated rings. The van der Waals surface area contributed by atoms with Crippen LogP contribution in [0.5, 0.6) is 5.75 Å². The lowest BCUT2D eigenvalue weighted by molar-refractivity contribution is 0.365. The third kappa shape index (κ3) is 2.18. The largest absolute Gasteiger partial charge is 0.478 e. The fraction of sp³-hybridized carbons (Fsp3) is 0.111. The summed E-state index contributed by atoms with van der Waals surface area (Å²) in [6.45, 7) is 0.0298. The van der Waals surface area contributed by atoms with Crippen molar-refractivity contribution in [3.8, 4) is 24.2 Å². The summed E-state index contributed by atoms with van der Waals surface area (Å²) in [4.78, 5) is 3.32. The fourth-order valence-corrected chi connectivity index (χ4v) is 0.739. The second-order valence-corrected chi connectivity index (χ2v) is 2.09. The van der Waals surface area contributed by atoms with E-state index in [2.05, 4.69) is 10.9 Å². The molecular weight excluding hydrogens is 171 g/mol. The Balaban J connectivity index is 2.96. The number of rotatable bonds is 2. The standard InChI is InChI=1S/C9H5FN2O/c1-2-5-13-8-3-4-9(10)12-7(8)6-11/h1,3-4H,5H2. The number of aromatic nitrogens is 1. The summed E-state index contributed by atoms with van der Waals surface area (Å²) < 4.78 is 17.4. The van der Waals surface area contributed by atoms with E-state index in [-0.39, 0.29) is 18.1 Å². The summed E-state index contributed by atoms with van der Waals surface area (Å²) in [7, 11) is 0. The highest BCUT2D eigenvalue weighted by Gasteiger charge is 2.05. The zero-order valence-electron chi connectivity index (χ0n) is 6.62. The molecule has 0 saturated heterocycles. The summed E-state index contributed by atoms with van der Waals surface area (Å²) in [6, 6.07) is 4.12. The Kier molecular flexibility index (Phi) is 2.83. The van der Waals surface area contributed by atoms with Gasteiger partial charge in [-0.05, 0) is 12.1 Å². The molecule has 0 saturated carbocycles. The monoisotopic (exact) mass is 176 g/mol. The van der Waals surface area contributed by atoms with Crippen LogP contribution in [0.3, 0.4) is 0 Å². The van der Waals surface area contributed by atoms with Crippen LogP contribution in [-0.4, -0.2) is 11.6 Å². The lowest BCUT2D eigenvalue weighted by atomic mass is 10.3.